The van der Waals surface area contributed by atoms with Crippen LogP contribution in [0.3, 0.4) is 0 Å². The van der Waals surface area contributed by atoms with Gasteiger partial charge in [0.15, 0.2) is 0 Å². The van der Waals surface area contributed by atoms with Crippen LogP contribution in [0.1, 0.15) is 0 Å². The van der Waals surface area contributed by atoms with Crippen molar-refractivity contribution < 1.29 is 28.4 Å². The third kappa shape index (κ3) is 9.85. The fourth-order valence-corrected chi connectivity index (χ4v) is 0.577. The molecular weight excluding hydrogens is 192 g/mol. The minimum atomic E-state index is -0.514. The molecule has 0 amide bonds. The van der Waals surface area contributed by atoms with Crippen LogP contribution in [0.25, 0.3) is 0 Å². The van der Waals surface area contributed by atoms with Gasteiger partial charge in [-0.2, -0.15) is 0 Å². The lowest BCUT2D eigenvalue weighted by atomic mass is 11.2. The van der Waals surface area contributed by atoms with E-state index in [1.54, 1.807) is 0 Å². The molecule has 0 aromatic rings. The molecule has 0 unspecified atom stereocenters. The van der Waals surface area contributed by atoms with Crippen molar-refractivity contribution >= 4 is 0 Å². The van der Waals surface area contributed by atoms with Crippen molar-refractivity contribution in [1.29, 1.82) is 0 Å². The fraction of sp³-hybridized carbons (Fsp3) is 1.00. The van der Waals surface area contributed by atoms with E-state index in [2.05, 4.69) is 28.4 Å². The van der Waals surface area contributed by atoms with Crippen molar-refractivity contribution in [3.05, 3.63) is 0 Å². The Morgan fingerprint density at radius 3 is 0.571 bits per heavy atom. The SMILES string of the molecule is COC(OC)OC.COC(OC)OC. The van der Waals surface area contributed by atoms with E-state index in [4.69, 9.17) is 0 Å². The normalized spacial score (nSPS) is 10.3. The number of methoxy groups -OCH3 is 6. The molecule has 0 spiro atoms. The van der Waals surface area contributed by atoms with Gasteiger partial charge in [-0.25, -0.2) is 0 Å². The van der Waals surface area contributed by atoms with Crippen LogP contribution < -0.4 is 0 Å². The van der Waals surface area contributed by atoms with Gasteiger partial charge in [-0.15, -0.1) is 0 Å². The summed E-state index contributed by atoms with van der Waals surface area (Å²) in [7, 11) is 9.07. The Labute approximate surface area is 85.0 Å². The molecule has 0 fully saturated rings. The van der Waals surface area contributed by atoms with Crippen molar-refractivity contribution in [2.24, 2.45) is 0 Å². The summed E-state index contributed by atoms with van der Waals surface area (Å²) < 4.78 is 27.6. The van der Waals surface area contributed by atoms with Gasteiger partial charge in [0.1, 0.15) is 0 Å². The van der Waals surface area contributed by atoms with Gasteiger partial charge in [0.2, 0.25) is 0 Å². The summed E-state index contributed by atoms with van der Waals surface area (Å²) in [4.78, 5) is 0. The number of rotatable bonds is 6. The predicted octanol–water partition coefficient (Wildman–Crippen LogP) is 0.418. The largest absolute Gasteiger partial charge is 0.333 e. The average molecular weight is 212 g/mol. The Kier molecular flexibility index (Phi) is 14.8. The van der Waals surface area contributed by atoms with E-state index in [1.807, 2.05) is 0 Å². The van der Waals surface area contributed by atoms with Crippen LogP contribution in [0.4, 0.5) is 0 Å². The van der Waals surface area contributed by atoms with E-state index in [9.17, 15) is 0 Å². The quantitative estimate of drug-likeness (QED) is 0.595. The van der Waals surface area contributed by atoms with Gasteiger partial charge in [0.25, 0.3) is 13.0 Å². The van der Waals surface area contributed by atoms with Gasteiger partial charge in [0.05, 0.1) is 0 Å². The van der Waals surface area contributed by atoms with Gasteiger partial charge in [0, 0.05) is 42.7 Å². The smallest absolute Gasteiger partial charge is 0.270 e. The molecule has 0 heterocycles. The average Bonchev–Trinajstić information content (AvgIpc) is 2.24. The maximum atomic E-state index is 4.60. The second-order valence-corrected chi connectivity index (χ2v) is 1.99. The van der Waals surface area contributed by atoms with Crippen LogP contribution in [0.2, 0.25) is 0 Å². The summed E-state index contributed by atoms with van der Waals surface area (Å²) >= 11 is 0. The molecule has 0 aliphatic heterocycles. The maximum absolute atomic E-state index is 4.60. The molecule has 0 saturated carbocycles. The lowest BCUT2D eigenvalue weighted by molar-refractivity contribution is -0.252. The lowest BCUT2D eigenvalue weighted by Gasteiger charge is -2.08. The molecule has 0 aromatic heterocycles. The Morgan fingerprint density at radius 1 is 0.429 bits per heavy atom. The zero-order chi connectivity index (χ0) is 11.4. The number of hydrogen-bond donors (Lipinski definition) is 0. The molecule has 0 aliphatic rings. The summed E-state index contributed by atoms with van der Waals surface area (Å²) in [6, 6.07) is 0. The first-order valence-electron chi connectivity index (χ1n) is 3.86. The van der Waals surface area contributed by atoms with E-state index in [1.165, 1.54) is 42.7 Å². The molecule has 0 N–H and O–H groups in total. The zero-order valence-electron chi connectivity index (χ0n) is 9.60. The minimum absolute atomic E-state index is 0.514. The molecule has 88 valence electrons. The summed E-state index contributed by atoms with van der Waals surface area (Å²) in [5, 5.41) is 0. The second-order valence-electron chi connectivity index (χ2n) is 1.99. The molecule has 6 heteroatoms. The van der Waals surface area contributed by atoms with Gasteiger partial charge in [-0.1, -0.05) is 0 Å². The van der Waals surface area contributed by atoms with Crippen molar-refractivity contribution in [3.8, 4) is 0 Å². The Balaban J connectivity index is 0. The van der Waals surface area contributed by atoms with Gasteiger partial charge < -0.3 is 28.4 Å². The molecule has 0 saturated heterocycles. The summed E-state index contributed by atoms with van der Waals surface area (Å²) in [5.41, 5.74) is 0. The molecular formula is C8H20O6. The summed E-state index contributed by atoms with van der Waals surface area (Å²) in [6.07, 6.45) is 0. The molecule has 6 nitrogen and oxygen atoms in total. The van der Waals surface area contributed by atoms with Crippen LogP contribution >= 0.6 is 0 Å². The van der Waals surface area contributed by atoms with Crippen LogP contribution in [0.15, 0.2) is 0 Å². The third-order valence-electron chi connectivity index (χ3n) is 1.15. The van der Waals surface area contributed by atoms with E-state index in [0.717, 1.165) is 0 Å². The molecule has 0 radical (unpaired) electrons. The Hall–Kier alpha value is -0.240. The van der Waals surface area contributed by atoms with Crippen LogP contribution in [0.5, 0.6) is 0 Å². The van der Waals surface area contributed by atoms with Crippen molar-refractivity contribution in [2.45, 2.75) is 13.0 Å². The van der Waals surface area contributed by atoms with Gasteiger partial charge in [-0.3, -0.25) is 0 Å². The second kappa shape index (κ2) is 12.8. The molecule has 14 heavy (non-hydrogen) atoms. The summed E-state index contributed by atoms with van der Waals surface area (Å²) in [6.45, 7) is -1.03. The first-order chi connectivity index (χ1) is 6.69. The summed E-state index contributed by atoms with van der Waals surface area (Å²) in [5.74, 6) is 0. The first-order valence-corrected chi connectivity index (χ1v) is 3.86. The van der Waals surface area contributed by atoms with Crippen molar-refractivity contribution in [3.63, 3.8) is 0 Å². The Bertz CT molecular complexity index is 68.8. The fourth-order valence-electron chi connectivity index (χ4n) is 0.577. The highest BCUT2D eigenvalue weighted by molar-refractivity contribution is 4.08. The molecule has 0 aliphatic carbocycles. The highest BCUT2D eigenvalue weighted by Crippen LogP contribution is 1.87. The van der Waals surface area contributed by atoms with E-state index < -0.39 is 13.0 Å². The van der Waals surface area contributed by atoms with Crippen LogP contribution in [-0.4, -0.2) is 55.6 Å². The lowest BCUT2D eigenvalue weighted by Crippen LogP contribution is -2.14. The molecule has 0 rings (SSSR count). The monoisotopic (exact) mass is 212 g/mol. The van der Waals surface area contributed by atoms with Crippen LogP contribution in [0, 0.1) is 0 Å². The first kappa shape index (κ1) is 16.2. The highest BCUT2D eigenvalue weighted by atomic mass is 16.8. The number of ether oxygens (including phenoxy) is 6. The molecule has 0 aromatic carbocycles. The highest BCUT2D eigenvalue weighted by Gasteiger charge is 1.97. The maximum Gasteiger partial charge on any atom is 0.270 e. The van der Waals surface area contributed by atoms with Crippen molar-refractivity contribution in [1.82, 2.24) is 0 Å². The topological polar surface area (TPSA) is 55.4 Å². The van der Waals surface area contributed by atoms with E-state index in [-0.39, 0.29) is 0 Å². The number of hydrogen-bond acceptors (Lipinski definition) is 6. The Morgan fingerprint density at radius 2 is 0.571 bits per heavy atom. The standard InChI is InChI=1S/2C4H10O3/c2*1-5-4(6-2)7-3/h2*4H,1-3H3. The molecule has 0 atom stereocenters. The molecule has 0 bridgehead atoms. The minimum Gasteiger partial charge on any atom is -0.333 e. The van der Waals surface area contributed by atoms with Crippen molar-refractivity contribution in [2.75, 3.05) is 42.7 Å². The third-order valence-corrected chi connectivity index (χ3v) is 1.15. The van der Waals surface area contributed by atoms with Gasteiger partial charge >= 0.3 is 0 Å². The predicted molar refractivity (Wildman–Crippen MR) is 49.6 cm³/mol. The van der Waals surface area contributed by atoms with E-state index >= 15 is 0 Å². The van der Waals surface area contributed by atoms with Crippen LogP contribution in [-0.2, 0) is 28.4 Å². The zero-order valence-corrected chi connectivity index (χ0v) is 9.60. The van der Waals surface area contributed by atoms with E-state index in [0.29, 0.717) is 0 Å². The van der Waals surface area contributed by atoms with Gasteiger partial charge in [-0.05, 0) is 0 Å².